The predicted molar refractivity (Wildman–Crippen MR) is 105 cm³/mol. The minimum Gasteiger partial charge on any atom is -0.383 e. The fraction of sp³-hybridized carbons (Fsp3) is 0.471. The number of nitrogens with one attached hydrogen (secondary N) is 1. The Labute approximate surface area is 175 Å². The number of hydrogen-bond donors (Lipinski definition) is 3. The minimum atomic E-state index is -4.68. The van der Waals surface area contributed by atoms with E-state index in [1.165, 1.54) is 20.8 Å². The quantitative estimate of drug-likeness (QED) is 0.641. The second kappa shape index (κ2) is 7.55. The second-order valence-electron chi connectivity index (χ2n) is 7.37. The number of nitrogens with zero attached hydrogens (tertiary/aromatic N) is 3. The summed E-state index contributed by atoms with van der Waals surface area (Å²) in [6.07, 6.45) is -2.10. The second-order valence-corrected chi connectivity index (χ2v) is 10.4. The standard InChI is InChI=1S/C17H20F3N5O3S2/c1-8-12(9-5-4-6-10(9)23-13(8)17(18,19)20)24-15(26)25-30(21,28)11-7-22-14(29-11)16(2,3)27/h7,27H,4-6H2,1-3H3,(H3,21,23,24,25,26,28)/t30-/m1/s1. The van der Waals surface area contributed by atoms with Crippen molar-refractivity contribution in [2.75, 3.05) is 5.32 Å². The average Bonchev–Trinajstić information content (AvgIpc) is 3.24. The first kappa shape index (κ1) is 22.6. The normalized spacial score (nSPS) is 16.1. The molecule has 0 bridgehead atoms. The summed E-state index contributed by atoms with van der Waals surface area (Å²) in [5.74, 6) is 0. The maximum absolute atomic E-state index is 13.3. The smallest absolute Gasteiger partial charge is 0.383 e. The summed E-state index contributed by atoms with van der Waals surface area (Å²) in [7, 11) is -3.71. The molecule has 0 saturated carbocycles. The highest BCUT2D eigenvalue weighted by Crippen LogP contribution is 2.39. The van der Waals surface area contributed by atoms with E-state index in [0.29, 0.717) is 24.8 Å². The molecule has 0 radical (unpaired) electrons. The van der Waals surface area contributed by atoms with Crippen LogP contribution in [-0.4, -0.2) is 25.3 Å². The van der Waals surface area contributed by atoms with Gasteiger partial charge in [-0.2, -0.15) is 13.2 Å². The number of pyridine rings is 1. The van der Waals surface area contributed by atoms with E-state index < -0.39 is 33.4 Å². The summed E-state index contributed by atoms with van der Waals surface area (Å²) in [5.41, 5.74) is -1.87. The van der Waals surface area contributed by atoms with Crippen LogP contribution in [0.15, 0.2) is 14.8 Å². The highest BCUT2D eigenvalue weighted by atomic mass is 32.2. The highest BCUT2D eigenvalue weighted by Gasteiger charge is 2.38. The van der Waals surface area contributed by atoms with Crippen LogP contribution < -0.4 is 10.5 Å². The van der Waals surface area contributed by atoms with E-state index in [9.17, 15) is 27.3 Å². The van der Waals surface area contributed by atoms with Crippen molar-refractivity contribution in [3.05, 3.63) is 33.7 Å². The molecule has 3 rings (SSSR count). The Morgan fingerprint density at radius 1 is 1.37 bits per heavy atom. The fourth-order valence-electron chi connectivity index (χ4n) is 3.10. The van der Waals surface area contributed by atoms with E-state index in [1.807, 2.05) is 0 Å². The van der Waals surface area contributed by atoms with Crippen LogP contribution in [0.2, 0.25) is 0 Å². The zero-order chi connectivity index (χ0) is 22.5. The number of fused-ring (bicyclic) bond motifs is 1. The van der Waals surface area contributed by atoms with Crippen molar-refractivity contribution in [2.45, 2.75) is 56.0 Å². The van der Waals surface area contributed by atoms with Gasteiger partial charge < -0.3 is 10.4 Å². The van der Waals surface area contributed by atoms with Crippen LogP contribution in [0.1, 0.15) is 47.8 Å². The van der Waals surface area contributed by atoms with Crippen molar-refractivity contribution in [1.82, 2.24) is 9.97 Å². The van der Waals surface area contributed by atoms with Gasteiger partial charge in [-0.15, -0.1) is 15.7 Å². The van der Waals surface area contributed by atoms with E-state index in [4.69, 9.17) is 5.14 Å². The molecule has 0 spiro atoms. The largest absolute Gasteiger partial charge is 0.433 e. The summed E-state index contributed by atoms with van der Waals surface area (Å²) in [6.45, 7) is 4.16. The topological polar surface area (TPSA) is 131 Å². The number of alkyl halides is 3. The van der Waals surface area contributed by atoms with Crippen molar-refractivity contribution in [3.8, 4) is 0 Å². The zero-order valence-electron chi connectivity index (χ0n) is 16.3. The van der Waals surface area contributed by atoms with Gasteiger partial charge in [0.25, 0.3) is 0 Å². The molecule has 1 aliphatic rings. The van der Waals surface area contributed by atoms with Crippen LogP contribution in [0.5, 0.6) is 0 Å². The number of nitrogens with two attached hydrogens (primary N) is 1. The van der Waals surface area contributed by atoms with Crippen LogP contribution in [0.3, 0.4) is 0 Å². The lowest BCUT2D eigenvalue weighted by Crippen LogP contribution is -2.20. The number of anilines is 1. The first-order valence-electron chi connectivity index (χ1n) is 8.84. The number of urea groups is 1. The van der Waals surface area contributed by atoms with E-state index >= 15 is 0 Å². The van der Waals surface area contributed by atoms with Crippen LogP contribution in [-0.2, 0) is 34.5 Å². The van der Waals surface area contributed by atoms with Crippen LogP contribution >= 0.6 is 11.3 Å². The molecule has 4 N–H and O–H groups in total. The number of rotatable bonds is 3. The molecule has 2 aromatic rings. The minimum absolute atomic E-state index is 0.0322. The third kappa shape index (κ3) is 4.48. The molecule has 2 amide bonds. The Morgan fingerprint density at radius 2 is 2.03 bits per heavy atom. The van der Waals surface area contributed by atoms with E-state index in [1.54, 1.807) is 0 Å². The number of aromatic nitrogens is 2. The highest BCUT2D eigenvalue weighted by molar-refractivity contribution is 7.93. The molecule has 0 unspecified atom stereocenters. The molecule has 1 atom stereocenters. The summed E-state index contributed by atoms with van der Waals surface area (Å²) in [6, 6.07) is -1.14. The molecule has 0 saturated heterocycles. The lowest BCUT2D eigenvalue weighted by atomic mass is 10.1. The monoisotopic (exact) mass is 463 g/mol. The molecule has 164 valence electrons. The van der Waals surface area contributed by atoms with E-state index in [0.717, 1.165) is 17.5 Å². The number of aliphatic hydroxyl groups is 1. The van der Waals surface area contributed by atoms with Gasteiger partial charge in [-0.3, -0.25) is 0 Å². The zero-order valence-corrected chi connectivity index (χ0v) is 18.0. The van der Waals surface area contributed by atoms with Crippen LogP contribution in [0, 0.1) is 6.92 Å². The Kier molecular flexibility index (Phi) is 5.69. The molecule has 13 heteroatoms. The average molecular weight is 464 g/mol. The first-order chi connectivity index (χ1) is 13.7. The number of amides is 2. The van der Waals surface area contributed by atoms with Crippen molar-refractivity contribution >= 4 is 33.0 Å². The molecule has 30 heavy (non-hydrogen) atoms. The summed E-state index contributed by atoms with van der Waals surface area (Å²) in [4.78, 5) is 20.1. The SMILES string of the molecule is Cc1c(C(F)(F)F)nc2c(c1NC(=O)N=[S@@](N)(=O)c1cnc(C(C)(C)O)s1)CCC2. The number of thiazole rings is 1. The van der Waals surface area contributed by atoms with Crippen LogP contribution in [0.4, 0.5) is 23.7 Å². The van der Waals surface area contributed by atoms with Gasteiger partial charge in [0.1, 0.15) is 20.5 Å². The molecule has 0 fully saturated rings. The van der Waals surface area contributed by atoms with Crippen molar-refractivity contribution in [3.63, 3.8) is 0 Å². The number of carbonyl (C=O) groups is 1. The lowest BCUT2D eigenvalue weighted by molar-refractivity contribution is -0.141. The van der Waals surface area contributed by atoms with Gasteiger partial charge in [0.05, 0.1) is 11.9 Å². The Balaban J connectivity index is 1.97. The molecule has 0 aromatic carbocycles. The van der Waals surface area contributed by atoms with Gasteiger partial charge >= 0.3 is 12.2 Å². The molecule has 2 aromatic heterocycles. The molecule has 2 heterocycles. The molecular weight excluding hydrogens is 443 g/mol. The lowest BCUT2D eigenvalue weighted by Gasteiger charge is -2.17. The first-order valence-corrected chi connectivity index (χ1v) is 11.2. The van der Waals surface area contributed by atoms with Gasteiger partial charge in [-0.05, 0) is 45.6 Å². The van der Waals surface area contributed by atoms with Gasteiger partial charge in [-0.25, -0.2) is 24.1 Å². The number of halogens is 3. The Morgan fingerprint density at radius 3 is 2.60 bits per heavy atom. The van der Waals surface area contributed by atoms with Gasteiger partial charge in [0.15, 0.2) is 9.92 Å². The van der Waals surface area contributed by atoms with E-state index in [2.05, 4.69) is 19.6 Å². The van der Waals surface area contributed by atoms with Crippen molar-refractivity contribution in [2.24, 2.45) is 9.50 Å². The van der Waals surface area contributed by atoms with Gasteiger partial charge in [0, 0.05) is 11.3 Å². The van der Waals surface area contributed by atoms with Gasteiger partial charge in [-0.1, -0.05) is 0 Å². The van der Waals surface area contributed by atoms with E-state index in [-0.39, 0.29) is 26.2 Å². The maximum Gasteiger partial charge on any atom is 0.433 e. The summed E-state index contributed by atoms with van der Waals surface area (Å²) < 4.78 is 56.2. The number of hydrogen-bond acceptors (Lipinski definition) is 6. The third-order valence-corrected chi connectivity index (χ3v) is 7.67. The maximum atomic E-state index is 13.3. The summed E-state index contributed by atoms with van der Waals surface area (Å²) >= 11 is 0.830. The molecule has 0 aliphatic heterocycles. The molecule has 1 aliphatic carbocycles. The third-order valence-electron chi connectivity index (χ3n) is 4.48. The predicted octanol–water partition coefficient (Wildman–Crippen LogP) is 3.51. The summed E-state index contributed by atoms with van der Waals surface area (Å²) in [5, 5.41) is 18.2. The van der Waals surface area contributed by atoms with Crippen LogP contribution in [0.25, 0.3) is 0 Å². The van der Waals surface area contributed by atoms with Crippen molar-refractivity contribution in [1.29, 1.82) is 0 Å². The molecular formula is C17H20F3N5O3S2. The number of carbonyl (C=O) groups excluding carboxylic acids is 1. The number of aryl methyl sites for hydroxylation is 1. The Bertz CT molecular complexity index is 1130. The Hall–Kier alpha value is -2.09. The van der Waals surface area contributed by atoms with Crippen molar-refractivity contribution < 1.29 is 27.3 Å². The van der Waals surface area contributed by atoms with Gasteiger partial charge in [0.2, 0.25) is 0 Å². The molecule has 8 nitrogen and oxygen atoms in total. The fourth-order valence-corrected chi connectivity index (χ4v) is 5.17.